The molecule has 0 amide bonds. The normalized spacial score (nSPS) is 14.7. The van der Waals surface area contributed by atoms with E-state index in [1.165, 1.54) is 5.56 Å². The lowest BCUT2D eigenvalue weighted by atomic mass is 9.69. The first-order chi connectivity index (χ1) is 11.4. The molecule has 0 aliphatic heterocycles. The highest BCUT2D eigenvalue weighted by Gasteiger charge is 2.42. The largest absolute Gasteiger partial charge is 0.395 e. The fourth-order valence-corrected chi connectivity index (χ4v) is 3.17. The van der Waals surface area contributed by atoms with Gasteiger partial charge in [0.05, 0.1) is 31.3 Å². The van der Waals surface area contributed by atoms with Crippen LogP contribution in [-0.2, 0) is 17.3 Å². The minimum Gasteiger partial charge on any atom is -0.395 e. The molecule has 1 atom stereocenters. The fourth-order valence-electron chi connectivity index (χ4n) is 3.17. The Morgan fingerprint density at radius 1 is 0.800 bits per heavy atom. The van der Waals surface area contributed by atoms with Gasteiger partial charge in [0, 0.05) is 0 Å². The van der Waals surface area contributed by atoms with E-state index in [9.17, 15) is 20.4 Å². The van der Waals surface area contributed by atoms with Gasteiger partial charge in [0.15, 0.2) is 0 Å². The van der Waals surface area contributed by atoms with Gasteiger partial charge >= 0.3 is 0 Å². The molecule has 0 aliphatic carbocycles. The third-order valence-corrected chi connectivity index (χ3v) is 5.06. The summed E-state index contributed by atoms with van der Waals surface area (Å²) in [6.45, 7) is 13.1. The highest BCUT2D eigenvalue weighted by atomic mass is 16.3. The van der Waals surface area contributed by atoms with Gasteiger partial charge in [0.2, 0.25) is 0 Å². The third-order valence-electron chi connectivity index (χ3n) is 5.06. The Morgan fingerprint density at radius 3 is 1.40 bits per heavy atom. The molecule has 0 radical (unpaired) electrons. The van der Waals surface area contributed by atoms with Crippen molar-refractivity contribution >= 4 is 0 Å². The molecule has 1 aromatic rings. The molecular formula is C21H36O4. The first kappa shape index (κ1) is 22.1. The second kappa shape index (κ2) is 7.75. The molecule has 0 fully saturated rings. The number of hydrogen-bond acceptors (Lipinski definition) is 4. The van der Waals surface area contributed by atoms with Crippen molar-refractivity contribution in [1.82, 2.24) is 0 Å². The lowest BCUT2D eigenvalue weighted by molar-refractivity contribution is -0.0862. The molecule has 25 heavy (non-hydrogen) atoms. The first-order valence-corrected chi connectivity index (χ1v) is 9.06. The average Bonchev–Trinajstić information content (AvgIpc) is 2.53. The lowest BCUT2D eigenvalue weighted by Gasteiger charge is -2.39. The topological polar surface area (TPSA) is 80.9 Å². The summed E-state index contributed by atoms with van der Waals surface area (Å²) in [6, 6.07) is 4.20. The summed E-state index contributed by atoms with van der Waals surface area (Å²) in [5.41, 5.74) is 2.05. The number of aliphatic hydroxyl groups is 4. The number of rotatable bonds is 6. The Labute approximate surface area is 152 Å². The number of hydrogen-bond donors (Lipinski definition) is 4. The Balaban J connectivity index is 3.87. The van der Waals surface area contributed by atoms with E-state index in [1.807, 2.05) is 0 Å². The van der Waals surface area contributed by atoms with Crippen molar-refractivity contribution in [2.45, 2.75) is 71.8 Å². The standard InChI is InChI=1S/C21H36O4/c1-8-14-9-15(19(2,3)4)17(16(10-14)20(5,6)7)18(25)21(11-22,12-23)13-24/h9-10,18,22-25H,8,11-13H2,1-7H3. The second-order valence-electron chi connectivity index (χ2n) is 9.20. The van der Waals surface area contributed by atoms with E-state index >= 15 is 0 Å². The third kappa shape index (κ3) is 4.43. The van der Waals surface area contributed by atoms with Crippen LogP contribution in [0.4, 0.5) is 0 Å². The van der Waals surface area contributed by atoms with Gasteiger partial charge in [0.1, 0.15) is 0 Å². The van der Waals surface area contributed by atoms with Crippen molar-refractivity contribution in [3.63, 3.8) is 0 Å². The van der Waals surface area contributed by atoms with Crippen molar-refractivity contribution in [2.24, 2.45) is 5.41 Å². The van der Waals surface area contributed by atoms with Gasteiger partial charge in [-0.25, -0.2) is 0 Å². The van der Waals surface area contributed by atoms with Crippen LogP contribution >= 0.6 is 0 Å². The van der Waals surface area contributed by atoms with Crippen LogP contribution in [0.2, 0.25) is 0 Å². The zero-order valence-corrected chi connectivity index (χ0v) is 16.8. The molecule has 0 heterocycles. The molecule has 0 saturated heterocycles. The van der Waals surface area contributed by atoms with Crippen LogP contribution in [0, 0.1) is 5.41 Å². The zero-order valence-electron chi connectivity index (χ0n) is 16.8. The van der Waals surface area contributed by atoms with Crippen molar-refractivity contribution in [2.75, 3.05) is 19.8 Å². The molecule has 0 aliphatic rings. The van der Waals surface area contributed by atoms with Gasteiger partial charge in [-0.15, -0.1) is 0 Å². The maximum atomic E-state index is 11.2. The molecule has 1 aromatic carbocycles. The predicted octanol–water partition coefficient (Wildman–Crippen LogP) is 2.84. The summed E-state index contributed by atoms with van der Waals surface area (Å²) in [4.78, 5) is 0. The maximum Gasteiger partial charge on any atom is 0.0918 e. The molecule has 0 bridgehead atoms. The SMILES string of the molecule is CCc1cc(C(C)(C)C)c(C(O)C(CO)(CO)CO)c(C(C)(C)C)c1. The molecule has 144 valence electrons. The van der Waals surface area contributed by atoms with E-state index in [2.05, 4.69) is 60.6 Å². The average molecular weight is 353 g/mol. The van der Waals surface area contributed by atoms with Crippen molar-refractivity contribution < 1.29 is 20.4 Å². The molecule has 4 nitrogen and oxygen atoms in total. The van der Waals surface area contributed by atoms with Gasteiger partial charge in [-0.3, -0.25) is 0 Å². The van der Waals surface area contributed by atoms with Gasteiger partial charge < -0.3 is 20.4 Å². The van der Waals surface area contributed by atoms with Crippen LogP contribution in [0.3, 0.4) is 0 Å². The van der Waals surface area contributed by atoms with E-state index in [0.717, 1.165) is 17.5 Å². The molecule has 4 N–H and O–H groups in total. The second-order valence-corrected chi connectivity index (χ2v) is 9.20. The minimum atomic E-state index is -1.38. The van der Waals surface area contributed by atoms with Crippen LogP contribution in [0.1, 0.15) is 76.8 Å². The Kier molecular flexibility index (Phi) is 6.85. The van der Waals surface area contributed by atoms with E-state index in [0.29, 0.717) is 5.56 Å². The smallest absolute Gasteiger partial charge is 0.0918 e. The molecule has 0 saturated carbocycles. The molecule has 1 rings (SSSR count). The quantitative estimate of drug-likeness (QED) is 0.635. The van der Waals surface area contributed by atoms with Gasteiger partial charge in [0.25, 0.3) is 0 Å². The van der Waals surface area contributed by atoms with E-state index in [4.69, 9.17) is 0 Å². The molecule has 1 unspecified atom stereocenters. The highest BCUT2D eigenvalue weighted by Crippen LogP contribution is 2.44. The lowest BCUT2D eigenvalue weighted by Crippen LogP contribution is -2.42. The number of benzene rings is 1. The Bertz CT molecular complexity index is 531. The predicted molar refractivity (Wildman–Crippen MR) is 102 cm³/mol. The molecule has 0 aromatic heterocycles. The Hall–Kier alpha value is -0.940. The zero-order chi connectivity index (χ0) is 19.6. The summed E-state index contributed by atoms with van der Waals surface area (Å²) in [6.07, 6.45) is -0.282. The highest BCUT2D eigenvalue weighted by molar-refractivity contribution is 5.48. The fraction of sp³-hybridized carbons (Fsp3) is 0.714. The van der Waals surface area contributed by atoms with Crippen molar-refractivity contribution in [3.8, 4) is 0 Å². The van der Waals surface area contributed by atoms with Crippen LogP contribution in [0.25, 0.3) is 0 Å². The summed E-state index contributed by atoms with van der Waals surface area (Å²) in [7, 11) is 0. The maximum absolute atomic E-state index is 11.2. The summed E-state index contributed by atoms with van der Waals surface area (Å²) in [5, 5.41) is 40.7. The van der Waals surface area contributed by atoms with Gasteiger partial charge in [-0.05, 0) is 39.5 Å². The first-order valence-electron chi connectivity index (χ1n) is 9.06. The number of aliphatic hydroxyl groups excluding tert-OH is 4. The van der Waals surface area contributed by atoms with Gasteiger partial charge in [-0.1, -0.05) is 60.6 Å². The number of aryl methyl sites for hydroxylation is 1. The van der Waals surface area contributed by atoms with Crippen LogP contribution in [-0.4, -0.2) is 40.2 Å². The minimum absolute atomic E-state index is 0.229. The van der Waals surface area contributed by atoms with Crippen LogP contribution in [0.5, 0.6) is 0 Å². The summed E-state index contributed by atoms with van der Waals surface area (Å²) >= 11 is 0. The van der Waals surface area contributed by atoms with E-state index in [1.54, 1.807) is 0 Å². The summed E-state index contributed by atoms with van der Waals surface area (Å²) < 4.78 is 0. The summed E-state index contributed by atoms with van der Waals surface area (Å²) in [5.74, 6) is 0. The molecular weight excluding hydrogens is 316 g/mol. The van der Waals surface area contributed by atoms with E-state index in [-0.39, 0.29) is 10.8 Å². The van der Waals surface area contributed by atoms with Crippen LogP contribution in [0.15, 0.2) is 12.1 Å². The molecule has 4 heteroatoms. The van der Waals surface area contributed by atoms with Crippen molar-refractivity contribution in [3.05, 3.63) is 34.4 Å². The van der Waals surface area contributed by atoms with Gasteiger partial charge in [-0.2, -0.15) is 0 Å². The van der Waals surface area contributed by atoms with E-state index < -0.39 is 31.3 Å². The van der Waals surface area contributed by atoms with Crippen LogP contribution < -0.4 is 0 Å². The van der Waals surface area contributed by atoms with Crippen molar-refractivity contribution in [1.29, 1.82) is 0 Å². The molecule has 0 spiro atoms. The monoisotopic (exact) mass is 352 g/mol. The Morgan fingerprint density at radius 2 is 1.16 bits per heavy atom.